The van der Waals surface area contributed by atoms with Crippen LogP contribution in [0.2, 0.25) is 0 Å². The number of amides is 1. The van der Waals surface area contributed by atoms with E-state index in [0.717, 1.165) is 36.2 Å². The minimum atomic E-state index is -3.55. The van der Waals surface area contributed by atoms with Crippen molar-refractivity contribution in [3.8, 4) is 0 Å². The zero-order valence-electron chi connectivity index (χ0n) is 19.5. The lowest BCUT2D eigenvalue weighted by molar-refractivity contribution is 0.0952. The Morgan fingerprint density at radius 1 is 1.06 bits per heavy atom. The normalized spacial score (nSPS) is 19.6. The van der Waals surface area contributed by atoms with Gasteiger partial charge in [0.15, 0.2) is 0 Å². The van der Waals surface area contributed by atoms with Crippen LogP contribution in [0.1, 0.15) is 42.9 Å². The van der Waals surface area contributed by atoms with Crippen molar-refractivity contribution in [3.63, 3.8) is 0 Å². The van der Waals surface area contributed by atoms with Gasteiger partial charge in [0.25, 0.3) is 5.91 Å². The molecule has 0 spiro atoms. The molecule has 2 unspecified atom stereocenters. The number of hydrogen-bond donors (Lipinski definition) is 1. The number of piperidine rings is 1. The number of rotatable bonds is 7. The second-order valence-electron chi connectivity index (χ2n) is 9.20. The molecule has 2 aromatic carbocycles. The standard InChI is InChI=1S/C25H32N4O3S/c1-18-15-19(2)17-28(16-18)33(31,32)22-11-9-21(10-12-22)25(30)26-13-6-14-29-20(3)27-23-7-4-5-8-24(23)29/h4-5,7-12,18-19H,6,13-17H2,1-3H3,(H,26,30). The topological polar surface area (TPSA) is 84.3 Å². The van der Waals surface area contributed by atoms with Crippen LogP contribution in [0.4, 0.5) is 0 Å². The summed E-state index contributed by atoms with van der Waals surface area (Å²) in [5, 5.41) is 2.93. The van der Waals surface area contributed by atoms with Crippen LogP contribution in [0.15, 0.2) is 53.4 Å². The summed E-state index contributed by atoms with van der Waals surface area (Å²) < 4.78 is 29.8. The van der Waals surface area contributed by atoms with Crippen molar-refractivity contribution in [2.75, 3.05) is 19.6 Å². The Morgan fingerprint density at radius 3 is 2.42 bits per heavy atom. The first-order chi connectivity index (χ1) is 15.8. The van der Waals surface area contributed by atoms with Gasteiger partial charge >= 0.3 is 0 Å². The Hall–Kier alpha value is -2.71. The molecule has 2 atom stereocenters. The fourth-order valence-corrected chi connectivity index (χ4v) is 6.43. The summed E-state index contributed by atoms with van der Waals surface area (Å²) in [5.41, 5.74) is 2.52. The molecule has 0 aliphatic carbocycles. The van der Waals surface area contributed by atoms with E-state index in [4.69, 9.17) is 0 Å². The highest BCUT2D eigenvalue weighted by atomic mass is 32.2. The van der Waals surface area contributed by atoms with Gasteiger partial charge in [-0.25, -0.2) is 13.4 Å². The van der Waals surface area contributed by atoms with Crippen molar-refractivity contribution in [3.05, 3.63) is 59.9 Å². The maximum Gasteiger partial charge on any atom is 0.251 e. The van der Waals surface area contributed by atoms with Crippen LogP contribution >= 0.6 is 0 Å². The lowest BCUT2D eigenvalue weighted by atomic mass is 9.94. The molecular weight excluding hydrogens is 436 g/mol. The molecule has 0 saturated carbocycles. The Morgan fingerprint density at radius 2 is 1.73 bits per heavy atom. The van der Waals surface area contributed by atoms with E-state index < -0.39 is 10.0 Å². The van der Waals surface area contributed by atoms with Crippen molar-refractivity contribution in [2.45, 2.75) is 45.1 Å². The summed E-state index contributed by atoms with van der Waals surface area (Å²) in [7, 11) is -3.55. The van der Waals surface area contributed by atoms with Crippen molar-refractivity contribution >= 4 is 27.0 Å². The molecule has 0 bridgehead atoms. The van der Waals surface area contributed by atoms with Crippen LogP contribution < -0.4 is 5.32 Å². The van der Waals surface area contributed by atoms with Gasteiger partial charge in [-0.3, -0.25) is 4.79 Å². The number of benzene rings is 2. The SMILES string of the molecule is Cc1nc2ccccc2n1CCCNC(=O)c1ccc(S(=O)(=O)N2CC(C)CC(C)C2)cc1. The first-order valence-corrected chi connectivity index (χ1v) is 13.0. The van der Waals surface area contributed by atoms with E-state index >= 15 is 0 Å². The highest BCUT2D eigenvalue weighted by Gasteiger charge is 2.31. The number of carbonyl (C=O) groups excluding carboxylic acids is 1. The summed E-state index contributed by atoms with van der Waals surface area (Å²) in [6, 6.07) is 14.3. The molecule has 1 saturated heterocycles. The van der Waals surface area contributed by atoms with Crippen LogP contribution in [0.3, 0.4) is 0 Å². The number of aromatic nitrogens is 2. The Balaban J connectivity index is 1.33. The lowest BCUT2D eigenvalue weighted by Crippen LogP contribution is -2.42. The molecule has 4 rings (SSSR count). The summed E-state index contributed by atoms with van der Waals surface area (Å²) in [5.74, 6) is 1.44. The van der Waals surface area contributed by atoms with Gasteiger partial charge in [0.05, 0.1) is 15.9 Å². The Bertz CT molecular complexity index is 1220. The molecule has 1 amide bonds. The number of nitrogens with one attached hydrogen (secondary N) is 1. The van der Waals surface area contributed by atoms with E-state index in [1.807, 2.05) is 25.1 Å². The minimum Gasteiger partial charge on any atom is -0.352 e. The third-order valence-corrected chi connectivity index (χ3v) is 8.12. The largest absolute Gasteiger partial charge is 0.352 e. The zero-order valence-corrected chi connectivity index (χ0v) is 20.3. The molecule has 7 nitrogen and oxygen atoms in total. The molecule has 8 heteroatoms. The third-order valence-electron chi connectivity index (χ3n) is 6.28. The zero-order chi connectivity index (χ0) is 23.6. The second kappa shape index (κ2) is 9.65. The average Bonchev–Trinajstić information content (AvgIpc) is 3.11. The molecule has 1 aromatic heterocycles. The molecule has 1 aliphatic rings. The van der Waals surface area contributed by atoms with Crippen LogP contribution in [-0.2, 0) is 16.6 Å². The number of sulfonamides is 1. The van der Waals surface area contributed by atoms with Crippen molar-refractivity contribution in [2.24, 2.45) is 11.8 Å². The van der Waals surface area contributed by atoms with Crippen molar-refractivity contribution in [1.29, 1.82) is 0 Å². The highest BCUT2D eigenvalue weighted by Crippen LogP contribution is 2.26. The number of carbonyl (C=O) groups is 1. The number of para-hydroxylation sites is 2. The fraction of sp³-hybridized carbons (Fsp3) is 0.440. The van der Waals surface area contributed by atoms with E-state index in [1.165, 1.54) is 12.1 Å². The number of aryl methyl sites for hydroxylation is 2. The molecule has 1 N–H and O–H groups in total. The van der Waals surface area contributed by atoms with Crippen LogP contribution in [0.25, 0.3) is 11.0 Å². The monoisotopic (exact) mass is 468 g/mol. The molecule has 2 heterocycles. The van der Waals surface area contributed by atoms with Gasteiger partial charge in [-0.15, -0.1) is 0 Å². The molecule has 3 aromatic rings. The van der Waals surface area contributed by atoms with Gasteiger partial charge in [-0.2, -0.15) is 4.31 Å². The smallest absolute Gasteiger partial charge is 0.251 e. The summed E-state index contributed by atoms with van der Waals surface area (Å²) >= 11 is 0. The van der Waals surface area contributed by atoms with Gasteiger partial charge in [0.2, 0.25) is 10.0 Å². The van der Waals surface area contributed by atoms with Crippen molar-refractivity contribution < 1.29 is 13.2 Å². The quantitative estimate of drug-likeness (QED) is 0.534. The summed E-state index contributed by atoms with van der Waals surface area (Å²) in [6.45, 7) is 8.52. The van der Waals surface area contributed by atoms with Crippen LogP contribution in [0, 0.1) is 18.8 Å². The van der Waals surface area contributed by atoms with Crippen LogP contribution in [0.5, 0.6) is 0 Å². The third kappa shape index (κ3) is 5.12. The summed E-state index contributed by atoms with van der Waals surface area (Å²) in [6.07, 6.45) is 1.81. The van der Waals surface area contributed by atoms with E-state index in [0.29, 0.717) is 37.0 Å². The first kappa shape index (κ1) is 23.4. The Kier molecular flexibility index (Phi) is 6.86. The number of imidazole rings is 1. The van der Waals surface area contributed by atoms with E-state index in [9.17, 15) is 13.2 Å². The fourth-order valence-electron chi connectivity index (χ4n) is 4.75. The van der Waals surface area contributed by atoms with Crippen LogP contribution in [-0.4, -0.2) is 47.8 Å². The minimum absolute atomic E-state index is 0.202. The predicted molar refractivity (Wildman–Crippen MR) is 130 cm³/mol. The van der Waals surface area contributed by atoms with Gasteiger partial charge < -0.3 is 9.88 Å². The maximum absolute atomic E-state index is 13.0. The van der Waals surface area contributed by atoms with Gasteiger partial charge in [0.1, 0.15) is 5.82 Å². The van der Waals surface area contributed by atoms with Gasteiger partial charge in [-0.1, -0.05) is 26.0 Å². The molecular formula is C25H32N4O3S. The summed E-state index contributed by atoms with van der Waals surface area (Å²) in [4.78, 5) is 17.4. The highest BCUT2D eigenvalue weighted by molar-refractivity contribution is 7.89. The Labute approximate surface area is 195 Å². The number of fused-ring (bicyclic) bond motifs is 1. The lowest BCUT2D eigenvalue weighted by Gasteiger charge is -2.34. The second-order valence-corrected chi connectivity index (χ2v) is 11.1. The van der Waals surface area contributed by atoms with E-state index in [-0.39, 0.29) is 10.8 Å². The first-order valence-electron chi connectivity index (χ1n) is 11.6. The van der Waals surface area contributed by atoms with E-state index in [2.05, 4.69) is 34.8 Å². The van der Waals surface area contributed by atoms with Gasteiger partial charge in [0, 0.05) is 31.7 Å². The molecule has 0 radical (unpaired) electrons. The average molecular weight is 469 g/mol. The molecule has 33 heavy (non-hydrogen) atoms. The predicted octanol–water partition coefficient (Wildman–Crippen LogP) is 3.83. The molecule has 1 fully saturated rings. The molecule has 176 valence electrons. The van der Waals surface area contributed by atoms with Crippen molar-refractivity contribution in [1.82, 2.24) is 19.2 Å². The maximum atomic E-state index is 13.0. The van der Waals surface area contributed by atoms with Gasteiger partial charge in [-0.05, 0) is 68.0 Å². The number of hydrogen-bond acceptors (Lipinski definition) is 4. The number of nitrogens with zero attached hydrogens (tertiary/aromatic N) is 3. The van der Waals surface area contributed by atoms with E-state index in [1.54, 1.807) is 16.4 Å². The molecule has 1 aliphatic heterocycles.